The van der Waals surface area contributed by atoms with Crippen LogP contribution < -0.4 is 14.2 Å². The lowest BCUT2D eigenvalue weighted by Gasteiger charge is -2.32. The van der Waals surface area contributed by atoms with E-state index in [9.17, 15) is 13.2 Å². The van der Waals surface area contributed by atoms with Crippen molar-refractivity contribution >= 4 is 16.0 Å². The van der Waals surface area contributed by atoms with Crippen LogP contribution >= 0.6 is 0 Å². The summed E-state index contributed by atoms with van der Waals surface area (Å²) in [5.41, 5.74) is 0.267. The van der Waals surface area contributed by atoms with Crippen LogP contribution in [0, 0.1) is 0 Å². The van der Waals surface area contributed by atoms with E-state index in [0.29, 0.717) is 23.8 Å². The standard InChI is InChI=1S/C20H21NO6S/c1-14-4-2-3-11-21(14)28(23,24)17-8-5-15(6-9-17)20(22)27-16-7-10-18-19(12-16)26-13-25-18/h5-10,12,14H,2-4,11,13H2,1H3/t14-/m1/s1. The van der Waals surface area contributed by atoms with Crippen molar-refractivity contribution in [3.63, 3.8) is 0 Å². The smallest absolute Gasteiger partial charge is 0.343 e. The number of hydrogen-bond acceptors (Lipinski definition) is 6. The largest absolute Gasteiger partial charge is 0.454 e. The molecule has 0 saturated carbocycles. The molecule has 0 N–H and O–H groups in total. The van der Waals surface area contributed by atoms with Crippen LogP contribution in [-0.4, -0.2) is 38.1 Å². The van der Waals surface area contributed by atoms with E-state index in [2.05, 4.69) is 0 Å². The molecule has 2 aromatic carbocycles. The fourth-order valence-electron chi connectivity index (χ4n) is 3.43. The summed E-state index contributed by atoms with van der Waals surface area (Å²) in [7, 11) is -3.57. The topological polar surface area (TPSA) is 82.1 Å². The third-order valence-electron chi connectivity index (χ3n) is 4.99. The van der Waals surface area contributed by atoms with Gasteiger partial charge in [0.2, 0.25) is 16.8 Å². The molecule has 0 spiro atoms. The van der Waals surface area contributed by atoms with Gasteiger partial charge in [0, 0.05) is 18.7 Å². The summed E-state index contributed by atoms with van der Waals surface area (Å²) in [5.74, 6) is 0.867. The highest BCUT2D eigenvalue weighted by atomic mass is 32.2. The molecule has 1 atom stereocenters. The van der Waals surface area contributed by atoms with Crippen molar-refractivity contribution < 1.29 is 27.4 Å². The second-order valence-corrected chi connectivity index (χ2v) is 8.78. The Bertz CT molecular complexity index is 986. The second-order valence-electron chi connectivity index (χ2n) is 6.89. The predicted molar refractivity (Wildman–Crippen MR) is 101 cm³/mol. The molecule has 0 bridgehead atoms. The molecule has 2 aromatic rings. The third kappa shape index (κ3) is 3.57. The molecule has 0 amide bonds. The number of sulfonamides is 1. The van der Waals surface area contributed by atoms with Gasteiger partial charge in [-0.1, -0.05) is 6.42 Å². The van der Waals surface area contributed by atoms with E-state index in [0.717, 1.165) is 19.3 Å². The number of fused-ring (bicyclic) bond motifs is 1. The molecular formula is C20H21NO6S. The van der Waals surface area contributed by atoms with Crippen molar-refractivity contribution in [3.8, 4) is 17.2 Å². The number of rotatable bonds is 4. The quantitative estimate of drug-likeness (QED) is 0.576. The van der Waals surface area contributed by atoms with E-state index in [1.165, 1.54) is 28.6 Å². The molecule has 0 unspecified atom stereocenters. The Morgan fingerprint density at radius 3 is 2.57 bits per heavy atom. The first-order valence-electron chi connectivity index (χ1n) is 9.19. The lowest BCUT2D eigenvalue weighted by atomic mass is 10.1. The maximum absolute atomic E-state index is 12.9. The number of piperidine rings is 1. The number of carbonyl (C=O) groups excluding carboxylic acids is 1. The van der Waals surface area contributed by atoms with Gasteiger partial charge in [-0.05, 0) is 56.2 Å². The van der Waals surface area contributed by atoms with E-state index in [1.807, 2.05) is 6.92 Å². The molecule has 2 aliphatic rings. The van der Waals surface area contributed by atoms with Crippen molar-refractivity contribution in [2.45, 2.75) is 37.1 Å². The van der Waals surface area contributed by atoms with Crippen molar-refractivity contribution in [1.82, 2.24) is 4.31 Å². The zero-order chi connectivity index (χ0) is 19.7. The van der Waals surface area contributed by atoms with Gasteiger partial charge in [-0.3, -0.25) is 0 Å². The summed E-state index contributed by atoms with van der Waals surface area (Å²) in [4.78, 5) is 12.6. The molecule has 4 rings (SSSR count). The van der Waals surface area contributed by atoms with Gasteiger partial charge in [-0.15, -0.1) is 0 Å². The highest BCUT2D eigenvalue weighted by Gasteiger charge is 2.31. The van der Waals surface area contributed by atoms with Crippen LogP contribution in [0.2, 0.25) is 0 Å². The van der Waals surface area contributed by atoms with Gasteiger partial charge in [0.1, 0.15) is 5.75 Å². The normalized spacial score (nSPS) is 19.4. The summed E-state index contributed by atoms with van der Waals surface area (Å²) in [6.45, 7) is 2.59. The Balaban J connectivity index is 1.49. The van der Waals surface area contributed by atoms with E-state index in [1.54, 1.807) is 18.2 Å². The van der Waals surface area contributed by atoms with Crippen molar-refractivity contribution in [2.75, 3.05) is 13.3 Å². The first-order valence-corrected chi connectivity index (χ1v) is 10.6. The van der Waals surface area contributed by atoms with Crippen LogP contribution in [0.15, 0.2) is 47.4 Å². The average Bonchev–Trinajstić information content (AvgIpc) is 3.16. The maximum Gasteiger partial charge on any atom is 0.343 e. The van der Waals surface area contributed by atoms with Gasteiger partial charge in [0.25, 0.3) is 0 Å². The fraction of sp³-hybridized carbons (Fsp3) is 0.350. The molecule has 2 aliphatic heterocycles. The minimum Gasteiger partial charge on any atom is -0.454 e. The van der Waals surface area contributed by atoms with Crippen LogP contribution in [0.1, 0.15) is 36.5 Å². The van der Waals surface area contributed by atoms with Crippen molar-refractivity contribution in [1.29, 1.82) is 0 Å². The highest BCUT2D eigenvalue weighted by molar-refractivity contribution is 7.89. The van der Waals surface area contributed by atoms with E-state index in [4.69, 9.17) is 14.2 Å². The summed E-state index contributed by atoms with van der Waals surface area (Å²) >= 11 is 0. The Hall–Kier alpha value is -2.58. The molecule has 148 valence electrons. The number of carbonyl (C=O) groups is 1. The van der Waals surface area contributed by atoms with E-state index in [-0.39, 0.29) is 23.3 Å². The molecule has 0 aromatic heterocycles. The van der Waals surface area contributed by atoms with E-state index < -0.39 is 16.0 Å². The van der Waals surface area contributed by atoms with Gasteiger partial charge in [0.15, 0.2) is 11.5 Å². The monoisotopic (exact) mass is 403 g/mol. The molecule has 1 saturated heterocycles. The zero-order valence-electron chi connectivity index (χ0n) is 15.5. The molecule has 8 heteroatoms. The number of hydrogen-bond donors (Lipinski definition) is 0. The van der Waals surface area contributed by atoms with Crippen LogP contribution in [-0.2, 0) is 10.0 Å². The highest BCUT2D eigenvalue weighted by Crippen LogP contribution is 2.35. The van der Waals surface area contributed by atoms with Crippen molar-refractivity contribution in [3.05, 3.63) is 48.0 Å². The van der Waals surface area contributed by atoms with Crippen LogP contribution in [0.5, 0.6) is 17.2 Å². The minimum atomic E-state index is -3.57. The Labute approximate surface area is 163 Å². The number of nitrogens with zero attached hydrogens (tertiary/aromatic N) is 1. The molecule has 7 nitrogen and oxygen atoms in total. The van der Waals surface area contributed by atoms with Crippen LogP contribution in [0.25, 0.3) is 0 Å². The molecule has 1 fully saturated rings. The van der Waals surface area contributed by atoms with Gasteiger partial charge in [-0.2, -0.15) is 4.31 Å². The van der Waals surface area contributed by atoms with Gasteiger partial charge in [-0.25, -0.2) is 13.2 Å². The average molecular weight is 403 g/mol. The SMILES string of the molecule is C[C@@H]1CCCCN1S(=O)(=O)c1ccc(C(=O)Oc2ccc3c(c2)OCO3)cc1. The molecule has 0 radical (unpaired) electrons. The minimum absolute atomic E-state index is 0.0191. The Kier molecular flexibility index (Phi) is 4.99. The lowest BCUT2D eigenvalue weighted by molar-refractivity contribution is 0.0734. The van der Waals surface area contributed by atoms with Gasteiger partial charge in [0.05, 0.1) is 10.5 Å². The summed E-state index contributed by atoms with van der Waals surface area (Å²) in [6.07, 6.45) is 2.76. The lowest BCUT2D eigenvalue weighted by Crippen LogP contribution is -2.41. The first-order chi connectivity index (χ1) is 13.4. The zero-order valence-corrected chi connectivity index (χ0v) is 16.3. The second kappa shape index (κ2) is 7.44. The molecule has 28 heavy (non-hydrogen) atoms. The number of benzene rings is 2. The Morgan fingerprint density at radius 2 is 1.82 bits per heavy atom. The van der Waals surface area contributed by atoms with Crippen molar-refractivity contribution in [2.24, 2.45) is 0 Å². The summed E-state index contributed by atoms with van der Waals surface area (Å²) in [5, 5.41) is 0. The van der Waals surface area contributed by atoms with Crippen LogP contribution in [0.4, 0.5) is 0 Å². The number of esters is 1. The van der Waals surface area contributed by atoms with Gasteiger partial charge < -0.3 is 14.2 Å². The predicted octanol–water partition coefficient (Wildman–Crippen LogP) is 3.20. The fourth-order valence-corrected chi connectivity index (χ4v) is 5.13. The number of ether oxygens (including phenoxy) is 3. The Morgan fingerprint density at radius 1 is 1.07 bits per heavy atom. The van der Waals surface area contributed by atoms with E-state index >= 15 is 0 Å². The molecular weight excluding hydrogens is 382 g/mol. The first kappa shape index (κ1) is 18.8. The molecule has 2 heterocycles. The van der Waals surface area contributed by atoms with Gasteiger partial charge >= 0.3 is 5.97 Å². The van der Waals surface area contributed by atoms with Crippen LogP contribution in [0.3, 0.4) is 0 Å². The maximum atomic E-state index is 12.9. The summed E-state index contributed by atoms with van der Waals surface area (Å²) < 4.78 is 43.1. The molecule has 0 aliphatic carbocycles. The third-order valence-corrected chi connectivity index (χ3v) is 7.02. The summed E-state index contributed by atoms with van der Waals surface area (Å²) in [6, 6.07) is 10.7.